The Balaban J connectivity index is 3.29. The van der Waals surface area contributed by atoms with Gasteiger partial charge < -0.3 is 15.5 Å². The molecule has 3 heteroatoms. The number of unbranched alkanes of at least 4 members (excludes halogenated alkanes) is 10. The van der Waals surface area contributed by atoms with E-state index in [0.717, 1.165) is 37.8 Å². The summed E-state index contributed by atoms with van der Waals surface area (Å²) in [5.74, 6) is 1.58. The molecule has 0 spiro atoms. The number of hydrogen-bond acceptors (Lipinski definition) is 3. The van der Waals surface area contributed by atoms with Crippen molar-refractivity contribution in [2.24, 2.45) is 11.8 Å². The third-order valence-electron chi connectivity index (χ3n) is 5.20. The lowest BCUT2D eigenvalue weighted by Crippen LogP contribution is -2.26. The highest BCUT2D eigenvalue weighted by molar-refractivity contribution is 4.62. The summed E-state index contributed by atoms with van der Waals surface area (Å²) in [5.41, 5.74) is 0. The van der Waals surface area contributed by atoms with Gasteiger partial charge in [0.1, 0.15) is 0 Å². The molecule has 0 heterocycles. The molecule has 0 rings (SSSR count). The topological polar surface area (TPSA) is 52.5 Å². The summed E-state index contributed by atoms with van der Waals surface area (Å²) in [6, 6.07) is 0. The number of aliphatic hydroxyl groups excluding tert-OH is 2. The molecule has 0 aliphatic carbocycles. The Kier molecular flexibility index (Phi) is 20.1. The molecule has 3 nitrogen and oxygen atoms in total. The fourth-order valence-corrected chi connectivity index (χ4v) is 3.40. The van der Waals surface area contributed by atoms with Crippen molar-refractivity contribution >= 4 is 0 Å². The van der Waals surface area contributed by atoms with Crippen LogP contribution in [0.3, 0.4) is 0 Å². The van der Waals surface area contributed by atoms with Crippen molar-refractivity contribution in [1.82, 2.24) is 5.32 Å². The van der Waals surface area contributed by atoms with Gasteiger partial charge in [-0.05, 0) is 50.6 Å². The van der Waals surface area contributed by atoms with Gasteiger partial charge in [0.05, 0.1) is 0 Å². The van der Waals surface area contributed by atoms with E-state index in [4.69, 9.17) is 10.2 Å². The Bertz CT molecular complexity index is 224. The fourth-order valence-electron chi connectivity index (χ4n) is 3.40. The summed E-state index contributed by atoms with van der Waals surface area (Å²) in [6.45, 7) is 7.77. The molecule has 0 radical (unpaired) electrons. The standard InChI is InChI=1S/C22H47NO2/c1-21(15-11-7-3-5-9-13-17-24)19-23-20-22(2)16-12-8-4-6-10-14-18-25/h21-25H,3-20H2,1-2H3. The van der Waals surface area contributed by atoms with Gasteiger partial charge in [0.2, 0.25) is 0 Å². The monoisotopic (exact) mass is 357 g/mol. The van der Waals surface area contributed by atoms with Crippen molar-refractivity contribution in [2.45, 2.75) is 104 Å². The van der Waals surface area contributed by atoms with Gasteiger partial charge in [0, 0.05) is 13.2 Å². The molecular formula is C22H47NO2. The minimum atomic E-state index is 0.353. The largest absolute Gasteiger partial charge is 0.396 e. The maximum Gasteiger partial charge on any atom is 0.0431 e. The van der Waals surface area contributed by atoms with Crippen LogP contribution in [0, 0.1) is 11.8 Å². The second-order valence-corrected chi connectivity index (χ2v) is 8.14. The number of rotatable bonds is 20. The van der Waals surface area contributed by atoms with Crippen molar-refractivity contribution in [3.05, 3.63) is 0 Å². The van der Waals surface area contributed by atoms with Crippen LogP contribution in [-0.2, 0) is 0 Å². The van der Waals surface area contributed by atoms with Gasteiger partial charge in [-0.15, -0.1) is 0 Å². The molecule has 0 saturated carbocycles. The zero-order chi connectivity index (χ0) is 18.6. The quantitative estimate of drug-likeness (QED) is 0.259. The first-order chi connectivity index (χ1) is 12.2. The van der Waals surface area contributed by atoms with Gasteiger partial charge in [-0.2, -0.15) is 0 Å². The van der Waals surface area contributed by atoms with Crippen LogP contribution in [0.2, 0.25) is 0 Å². The molecule has 0 amide bonds. The van der Waals surface area contributed by atoms with Gasteiger partial charge >= 0.3 is 0 Å². The molecule has 0 aromatic carbocycles. The zero-order valence-electron chi connectivity index (χ0n) is 17.3. The summed E-state index contributed by atoms with van der Waals surface area (Å²) in [6.07, 6.45) is 17.7. The lowest BCUT2D eigenvalue weighted by atomic mass is 10.00. The van der Waals surface area contributed by atoms with Gasteiger partial charge in [-0.25, -0.2) is 0 Å². The zero-order valence-corrected chi connectivity index (χ0v) is 17.3. The van der Waals surface area contributed by atoms with Gasteiger partial charge in [-0.3, -0.25) is 0 Å². The van der Waals surface area contributed by atoms with Crippen molar-refractivity contribution in [3.8, 4) is 0 Å². The molecule has 0 aromatic heterocycles. The Hall–Kier alpha value is -0.120. The molecule has 0 aliphatic rings. The third kappa shape index (κ3) is 20.0. The molecule has 152 valence electrons. The number of nitrogens with one attached hydrogen (secondary N) is 1. The van der Waals surface area contributed by atoms with Crippen LogP contribution in [0.4, 0.5) is 0 Å². The van der Waals surface area contributed by atoms with Crippen LogP contribution < -0.4 is 5.32 Å². The van der Waals surface area contributed by atoms with Crippen molar-refractivity contribution in [2.75, 3.05) is 26.3 Å². The van der Waals surface area contributed by atoms with E-state index >= 15 is 0 Å². The van der Waals surface area contributed by atoms with Crippen LogP contribution in [0.15, 0.2) is 0 Å². The molecule has 0 aliphatic heterocycles. The minimum Gasteiger partial charge on any atom is -0.396 e. The molecule has 0 saturated heterocycles. The first kappa shape index (κ1) is 24.9. The SMILES string of the molecule is CC(CCCCCCCCO)CNCC(C)CCCCCCCCO. The van der Waals surface area contributed by atoms with Crippen LogP contribution in [-0.4, -0.2) is 36.5 Å². The van der Waals surface area contributed by atoms with E-state index in [1.165, 1.54) is 77.0 Å². The summed E-state index contributed by atoms with van der Waals surface area (Å²) in [5, 5.41) is 21.2. The maximum absolute atomic E-state index is 8.75. The van der Waals surface area contributed by atoms with E-state index in [9.17, 15) is 0 Å². The first-order valence-corrected chi connectivity index (χ1v) is 11.1. The summed E-state index contributed by atoms with van der Waals surface area (Å²) < 4.78 is 0. The van der Waals surface area contributed by atoms with Crippen LogP contribution in [0.1, 0.15) is 104 Å². The lowest BCUT2D eigenvalue weighted by Gasteiger charge is -2.16. The van der Waals surface area contributed by atoms with E-state index in [1.807, 2.05) is 0 Å². The third-order valence-corrected chi connectivity index (χ3v) is 5.20. The van der Waals surface area contributed by atoms with Gasteiger partial charge in [0.25, 0.3) is 0 Å². The van der Waals surface area contributed by atoms with E-state index in [-0.39, 0.29) is 0 Å². The molecule has 3 N–H and O–H groups in total. The summed E-state index contributed by atoms with van der Waals surface area (Å²) >= 11 is 0. The highest BCUT2D eigenvalue weighted by atomic mass is 16.3. The van der Waals surface area contributed by atoms with Crippen LogP contribution in [0.25, 0.3) is 0 Å². The average Bonchev–Trinajstić information content (AvgIpc) is 2.60. The Morgan fingerprint density at radius 1 is 0.520 bits per heavy atom. The second-order valence-electron chi connectivity index (χ2n) is 8.14. The lowest BCUT2D eigenvalue weighted by molar-refractivity contribution is 0.282. The van der Waals surface area contributed by atoms with E-state index in [1.54, 1.807) is 0 Å². The Morgan fingerprint density at radius 3 is 1.20 bits per heavy atom. The van der Waals surface area contributed by atoms with Gasteiger partial charge in [-0.1, -0.05) is 78.1 Å². The van der Waals surface area contributed by atoms with E-state index in [0.29, 0.717) is 13.2 Å². The summed E-state index contributed by atoms with van der Waals surface area (Å²) in [7, 11) is 0. The first-order valence-electron chi connectivity index (χ1n) is 11.1. The predicted molar refractivity (Wildman–Crippen MR) is 110 cm³/mol. The number of hydrogen-bond donors (Lipinski definition) is 3. The maximum atomic E-state index is 8.75. The van der Waals surface area contributed by atoms with Crippen molar-refractivity contribution in [3.63, 3.8) is 0 Å². The van der Waals surface area contributed by atoms with Gasteiger partial charge in [0.15, 0.2) is 0 Å². The number of aliphatic hydroxyl groups is 2. The molecule has 0 bridgehead atoms. The molecule has 0 aromatic rings. The Morgan fingerprint density at radius 2 is 0.840 bits per heavy atom. The Labute approximate surface area is 158 Å². The highest BCUT2D eigenvalue weighted by Gasteiger charge is 2.05. The summed E-state index contributed by atoms with van der Waals surface area (Å²) in [4.78, 5) is 0. The molecule has 0 fully saturated rings. The van der Waals surface area contributed by atoms with Crippen LogP contribution >= 0.6 is 0 Å². The predicted octanol–water partition coefficient (Wildman–Crippen LogP) is 5.29. The molecule has 2 unspecified atom stereocenters. The smallest absolute Gasteiger partial charge is 0.0431 e. The minimum absolute atomic E-state index is 0.353. The second kappa shape index (κ2) is 20.2. The van der Waals surface area contributed by atoms with Crippen molar-refractivity contribution < 1.29 is 10.2 Å². The normalized spacial score (nSPS) is 13.9. The van der Waals surface area contributed by atoms with E-state index in [2.05, 4.69) is 19.2 Å². The fraction of sp³-hybridized carbons (Fsp3) is 1.00. The molecule has 2 atom stereocenters. The van der Waals surface area contributed by atoms with E-state index < -0.39 is 0 Å². The highest BCUT2D eigenvalue weighted by Crippen LogP contribution is 2.13. The average molecular weight is 358 g/mol. The van der Waals surface area contributed by atoms with Crippen LogP contribution in [0.5, 0.6) is 0 Å². The molecular weight excluding hydrogens is 310 g/mol. The molecule has 25 heavy (non-hydrogen) atoms. The van der Waals surface area contributed by atoms with Crippen molar-refractivity contribution in [1.29, 1.82) is 0 Å².